The molecule has 0 bridgehead atoms. The van der Waals surface area contributed by atoms with Crippen molar-refractivity contribution in [3.8, 4) is 11.3 Å². The number of rotatable bonds is 5. The molecule has 0 radical (unpaired) electrons. The molecular formula is C19H26N4OS. The molecule has 1 heterocycles. The van der Waals surface area contributed by atoms with Gasteiger partial charge in [0, 0.05) is 23.9 Å². The van der Waals surface area contributed by atoms with Gasteiger partial charge in [0.05, 0.1) is 12.7 Å². The highest BCUT2D eigenvalue weighted by atomic mass is 32.2. The molecule has 134 valence electrons. The van der Waals surface area contributed by atoms with Crippen molar-refractivity contribution in [1.82, 2.24) is 15.6 Å². The maximum atomic E-state index is 5.85. The number of thioether (sulfide) groups is 1. The van der Waals surface area contributed by atoms with Crippen LogP contribution in [-0.2, 0) is 6.54 Å². The Bertz CT molecular complexity index is 710. The normalized spacial score (nSPS) is 20.7. The van der Waals surface area contributed by atoms with Gasteiger partial charge >= 0.3 is 0 Å². The topological polar surface area (TPSA) is 62.5 Å². The minimum atomic E-state index is 0.497. The molecule has 2 N–H and O–H groups in total. The van der Waals surface area contributed by atoms with Gasteiger partial charge in [-0.25, -0.2) is 4.98 Å². The van der Waals surface area contributed by atoms with Gasteiger partial charge < -0.3 is 15.1 Å². The van der Waals surface area contributed by atoms with Crippen molar-refractivity contribution in [1.29, 1.82) is 0 Å². The van der Waals surface area contributed by atoms with E-state index in [1.807, 2.05) is 11.8 Å². The summed E-state index contributed by atoms with van der Waals surface area (Å²) in [5, 5.41) is 7.56. The van der Waals surface area contributed by atoms with E-state index in [0.29, 0.717) is 18.5 Å². The molecule has 2 unspecified atom stereocenters. The zero-order valence-electron chi connectivity index (χ0n) is 15.1. The molecule has 1 aliphatic carbocycles. The molecule has 0 saturated heterocycles. The van der Waals surface area contributed by atoms with E-state index in [4.69, 9.17) is 4.42 Å². The van der Waals surface area contributed by atoms with Crippen LogP contribution in [0.15, 0.2) is 39.9 Å². The molecule has 0 amide bonds. The molecule has 25 heavy (non-hydrogen) atoms. The maximum Gasteiger partial charge on any atom is 0.214 e. The zero-order chi connectivity index (χ0) is 17.6. The Kier molecular flexibility index (Phi) is 6.02. The second-order valence-corrected chi connectivity index (χ2v) is 7.56. The Balaban J connectivity index is 1.53. The molecule has 1 saturated carbocycles. The fourth-order valence-electron chi connectivity index (χ4n) is 3.08. The van der Waals surface area contributed by atoms with E-state index in [1.165, 1.54) is 24.8 Å². The Morgan fingerprint density at radius 3 is 2.80 bits per heavy atom. The van der Waals surface area contributed by atoms with Crippen molar-refractivity contribution < 1.29 is 4.42 Å². The van der Waals surface area contributed by atoms with Crippen LogP contribution in [0.1, 0.15) is 30.7 Å². The van der Waals surface area contributed by atoms with Crippen LogP contribution >= 0.6 is 11.8 Å². The predicted octanol–water partition coefficient (Wildman–Crippen LogP) is 3.60. The van der Waals surface area contributed by atoms with E-state index in [1.54, 1.807) is 13.2 Å². The second-order valence-electron chi connectivity index (χ2n) is 6.42. The highest BCUT2D eigenvalue weighted by Gasteiger charge is 2.24. The zero-order valence-corrected chi connectivity index (χ0v) is 15.9. The van der Waals surface area contributed by atoms with Gasteiger partial charge in [0.2, 0.25) is 5.89 Å². The van der Waals surface area contributed by atoms with Crippen LogP contribution < -0.4 is 10.6 Å². The van der Waals surface area contributed by atoms with Gasteiger partial charge in [-0.2, -0.15) is 11.8 Å². The van der Waals surface area contributed by atoms with Gasteiger partial charge in [-0.1, -0.05) is 29.8 Å². The van der Waals surface area contributed by atoms with E-state index < -0.39 is 0 Å². The molecule has 3 rings (SSSR count). The first-order valence-corrected chi connectivity index (χ1v) is 9.98. The molecule has 0 aliphatic heterocycles. The summed E-state index contributed by atoms with van der Waals surface area (Å²) in [6, 6.07) is 8.75. The summed E-state index contributed by atoms with van der Waals surface area (Å²) in [4.78, 5) is 8.67. The highest BCUT2D eigenvalue weighted by Crippen LogP contribution is 2.28. The minimum Gasteiger partial charge on any atom is -0.439 e. The number of aryl methyl sites for hydroxylation is 1. The van der Waals surface area contributed by atoms with Crippen LogP contribution in [0, 0.1) is 6.92 Å². The van der Waals surface area contributed by atoms with Crippen LogP contribution in [-0.4, -0.2) is 35.5 Å². The largest absolute Gasteiger partial charge is 0.439 e. The summed E-state index contributed by atoms with van der Waals surface area (Å²) in [6.07, 6.45) is 7.63. The Morgan fingerprint density at radius 2 is 2.12 bits per heavy atom. The number of aromatic nitrogens is 1. The van der Waals surface area contributed by atoms with Gasteiger partial charge in [0.15, 0.2) is 11.7 Å². The summed E-state index contributed by atoms with van der Waals surface area (Å²) in [5.41, 5.74) is 2.27. The number of nitrogens with zero attached hydrogens (tertiary/aromatic N) is 2. The van der Waals surface area contributed by atoms with E-state index >= 15 is 0 Å². The van der Waals surface area contributed by atoms with Crippen molar-refractivity contribution in [2.75, 3.05) is 13.3 Å². The van der Waals surface area contributed by atoms with E-state index in [-0.39, 0.29) is 0 Å². The highest BCUT2D eigenvalue weighted by molar-refractivity contribution is 7.99. The number of guanidine groups is 1. The molecule has 2 aromatic rings. The van der Waals surface area contributed by atoms with Crippen molar-refractivity contribution >= 4 is 17.7 Å². The third-order valence-corrected chi connectivity index (χ3v) is 5.67. The molecule has 2 atom stereocenters. The molecular weight excluding hydrogens is 332 g/mol. The lowest BCUT2D eigenvalue weighted by molar-refractivity contribution is 0.495. The summed E-state index contributed by atoms with van der Waals surface area (Å²) < 4.78 is 5.85. The quantitative estimate of drug-likeness (QED) is 0.632. The third-order valence-electron chi connectivity index (χ3n) is 4.58. The summed E-state index contributed by atoms with van der Waals surface area (Å²) >= 11 is 1.96. The van der Waals surface area contributed by atoms with E-state index in [0.717, 1.165) is 22.5 Å². The number of nitrogens with one attached hydrogen (secondary N) is 2. The van der Waals surface area contributed by atoms with E-state index in [2.05, 4.69) is 58.1 Å². The average Bonchev–Trinajstić information content (AvgIpc) is 3.28. The first-order chi connectivity index (χ1) is 12.2. The lowest BCUT2D eigenvalue weighted by Gasteiger charge is -2.16. The Hall–Kier alpha value is -1.95. The Labute approximate surface area is 153 Å². The molecule has 6 heteroatoms. The monoisotopic (exact) mass is 358 g/mol. The lowest BCUT2D eigenvalue weighted by atomic mass is 10.1. The first kappa shape index (κ1) is 17.9. The summed E-state index contributed by atoms with van der Waals surface area (Å²) in [6.45, 7) is 2.59. The first-order valence-electron chi connectivity index (χ1n) is 8.69. The van der Waals surface area contributed by atoms with Crippen molar-refractivity contribution in [3.05, 3.63) is 41.9 Å². The average molecular weight is 359 g/mol. The van der Waals surface area contributed by atoms with Crippen LogP contribution in [0.25, 0.3) is 11.3 Å². The fourth-order valence-corrected chi connectivity index (χ4v) is 3.87. The third kappa shape index (κ3) is 4.78. The number of oxazole rings is 1. The van der Waals surface area contributed by atoms with Crippen molar-refractivity contribution in [2.45, 2.75) is 44.0 Å². The van der Waals surface area contributed by atoms with Crippen LogP contribution in [0.3, 0.4) is 0 Å². The molecule has 5 nitrogen and oxygen atoms in total. The maximum absolute atomic E-state index is 5.85. The second kappa shape index (κ2) is 8.43. The number of aliphatic imine (C=N–C) groups is 1. The lowest BCUT2D eigenvalue weighted by Crippen LogP contribution is -2.42. The molecule has 0 spiro atoms. The number of benzene rings is 1. The van der Waals surface area contributed by atoms with Gasteiger partial charge in [-0.3, -0.25) is 4.99 Å². The molecule has 1 fully saturated rings. The van der Waals surface area contributed by atoms with Gasteiger partial charge in [-0.05, 0) is 32.4 Å². The van der Waals surface area contributed by atoms with Gasteiger partial charge in [0.1, 0.15) is 0 Å². The van der Waals surface area contributed by atoms with Gasteiger partial charge in [-0.15, -0.1) is 0 Å². The molecule has 1 aromatic carbocycles. The minimum absolute atomic E-state index is 0.497. The molecule has 1 aliphatic rings. The molecule has 1 aromatic heterocycles. The summed E-state index contributed by atoms with van der Waals surface area (Å²) in [5.74, 6) is 2.26. The van der Waals surface area contributed by atoms with Crippen molar-refractivity contribution in [3.63, 3.8) is 0 Å². The smallest absolute Gasteiger partial charge is 0.214 e. The van der Waals surface area contributed by atoms with Gasteiger partial charge in [0.25, 0.3) is 0 Å². The van der Waals surface area contributed by atoms with E-state index in [9.17, 15) is 0 Å². The predicted molar refractivity (Wildman–Crippen MR) is 105 cm³/mol. The van der Waals surface area contributed by atoms with Crippen LogP contribution in [0.2, 0.25) is 0 Å². The number of hydrogen-bond acceptors (Lipinski definition) is 4. The van der Waals surface area contributed by atoms with Crippen molar-refractivity contribution in [2.24, 2.45) is 4.99 Å². The Morgan fingerprint density at radius 1 is 1.32 bits per heavy atom. The van der Waals surface area contributed by atoms with Crippen LogP contribution in [0.4, 0.5) is 0 Å². The SMILES string of the molecule is CN=C(NCc1ncc(-c2ccc(C)cc2)o1)NC1CCC(SC)C1. The fraction of sp³-hybridized carbons (Fsp3) is 0.474. The van der Waals surface area contributed by atoms with Crippen LogP contribution in [0.5, 0.6) is 0 Å². The standard InChI is InChI=1S/C19H26N4OS/c1-13-4-6-14(7-5-13)17-11-21-18(24-17)12-22-19(20-2)23-15-8-9-16(10-15)25-3/h4-7,11,15-16H,8-10,12H2,1-3H3,(H2,20,22,23). The summed E-state index contributed by atoms with van der Waals surface area (Å²) in [7, 11) is 1.80. The number of hydrogen-bond donors (Lipinski definition) is 2.